The van der Waals surface area contributed by atoms with Crippen molar-refractivity contribution in [1.82, 2.24) is 19.5 Å². The molecule has 12 nitrogen and oxygen atoms in total. The number of aromatic nitrogens is 4. The molecule has 2 aromatic heterocycles. The van der Waals surface area contributed by atoms with E-state index in [1.54, 1.807) is 0 Å². The fourth-order valence-electron chi connectivity index (χ4n) is 2.64. The van der Waals surface area contributed by atoms with Crippen LogP contribution in [0.1, 0.15) is 6.23 Å². The van der Waals surface area contributed by atoms with Crippen LogP contribution < -0.4 is 0 Å². The lowest BCUT2D eigenvalue weighted by Crippen LogP contribution is -2.39. The van der Waals surface area contributed by atoms with Gasteiger partial charge in [0.25, 0.3) is 0 Å². The van der Waals surface area contributed by atoms with E-state index in [1.807, 2.05) is 0 Å². The van der Waals surface area contributed by atoms with Crippen LogP contribution in [0.3, 0.4) is 0 Å². The maximum atomic E-state index is 11.5. The van der Waals surface area contributed by atoms with Crippen molar-refractivity contribution in [2.75, 3.05) is 7.11 Å². The minimum atomic E-state index is -4.76. The molecule has 24 heavy (non-hydrogen) atoms. The zero-order chi connectivity index (χ0) is 17.6. The number of aliphatic hydroxyl groups is 2. The van der Waals surface area contributed by atoms with Gasteiger partial charge in [0.1, 0.15) is 24.6 Å². The van der Waals surface area contributed by atoms with Gasteiger partial charge in [0, 0.05) is 7.11 Å². The van der Waals surface area contributed by atoms with Crippen LogP contribution in [0.4, 0.5) is 0 Å². The topological polar surface area (TPSA) is 180 Å². The van der Waals surface area contributed by atoms with E-state index in [0.29, 0.717) is 0 Å². The van der Waals surface area contributed by atoms with Gasteiger partial charge in [-0.25, -0.2) is 9.97 Å². The van der Waals surface area contributed by atoms with Crippen LogP contribution in [0.15, 0.2) is 12.7 Å². The second-order valence-corrected chi connectivity index (χ2v) is 6.90. The molecule has 2 aromatic rings. The highest BCUT2D eigenvalue weighted by molar-refractivity contribution is 7.52. The summed E-state index contributed by atoms with van der Waals surface area (Å²) in [6.07, 6.45) is -3.62. The molecule has 132 valence electrons. The van der Waals surface area contributed by atoms with Crippen LogP contribution in [0.5, 0.6) is 5.88 Å². The molecule has 0 aliphatic carbocycles. The summed E-state index contributed by atoms with van der Waals surface area (Å²) in [6, 6.07) is 0. The quantitative estimate of drug-likeness (QED) is 0.391. The van der Waals surface area contributed by atoms with Gasteiger partial charge in [0.15, 0.2) is 23.2 Å². The van der Waals surface area contributed by atoms with Gasteiger partial charge in [-0.3, -0.25) is 9.13 Å². The molecular formula is C11H15N4O8P. The predicted octanol–water partition coefficient (Wildman–Crippen LogP) is -1.70. The smallest absolute Gasteiger partial charge is 0.356 e. The average molecular weight is 362 g/mol. The molecule has 1 fully saturated rings. The Labute approximate surface area is 134 Å². The molecule has 0 saturated carbocycles. The Balaban J connectivity index is 1.98. The molecule has 0 amide bonds. The zero-order valence-corrected chi connectivity index (χ0v) is 13.1. The molecule has 5 atom stereocenters. The third-order valence-electron chi connectivity index (χ3n) is 3.74. The van der Waals surface area contributed by atoms with Crippen molar-refractivity contribution in [2.45, 2.75) is 30.4 Å². The highest BCUT2D eigenvalue weighted by atomic mass is 31.2. The minimum absolute atomic E-state index is 0.0459. The molecule has 3 heterocycles. The fraction of sp³-hybridized carbons (Fsp3) is 0.545. The van der Waals surface area contributed by atoms with Gasteiger partial charge in [-0.2, -0.15) is 4.98 Å². The molecule has 0 spiro atoms. The number of fused-ring (bicyclic) bond motifs is 1. The maximum Gasteiger partial charge on any atom is 0.356 e. The molecule has 3 rings (SSSR count). The summed E-state index contributed by atoms with van der Waals surface area (Å²) < 4.78 is 22.9. The van der Waals surface area contributed by atoms with Crippen molar-refractivity contribution in [2.24, 2.45) is 0 Å². The number of nitrogens with zero attached hydrogens (tertiary/aromatic N) is 4. The summed E-state index contributed by atoms with van der Waals surface area (Å²) in [6.45, 7) is 0. The Morgan fingerprint density at radius 3 is 2.62 bits per heavy atom. The number of ether oxygens (including phenoxy) is 2. The predicted molar refractivity (Wildman–Crippen MR) is 75.8 cm³/mol. The lowest BCUT2D eigenvalue weighted by atomic mass is 10.1. The van der Waals surface area contributed by atoms with Crippen molar-refractivity contribution in [3.05, 3.63) is 12.7 Å². The van der Waals surface area contributed by atoms with E-state index in [-0.39, 0.29) is 17.0 Å². The maximum absolute atomic E-state index is 11.5. The second kappa shape index (κ2) is 6.01. The summed E-state index contributed by atoms with van der Waals surface area (Å²) in [5.41, 5.74) is 0.161. The summed E-state index contributed by atoms with van der Waals surface area (Å²) in [4.78, 5) is 30.0. The number of aromatic hydroxyl groups is 1. The molecule has 1 aliphatic rings. The molecule has 5 N–H and O–H groups in total. The second-order valence-electron chi connectivity index (χ2n) is 5.21. The van der Waals surface area contributed by atoms with E-state index in [1.165, 1.54) is 10.9 Å². The van der Waals surface area contributed by atoms with E-state index in [4.69, 9.17) is 9.47 Å². The molecule has 1 unspecified atom stereocenters. The first-order valence-corrected chi connectivity index (χ1v) is 8.40. The molecule has 0 bridgehead atoms. The number of imidazole rings is 1. The average Bonchev–Trinajstić information content (AvgIpc) is 3.04. The van der Waals surface area contributed by atoms with Gasteiger partial charge >= 0.3 is 7.60 Å². The number of methoxy groups -OCH3 is 1. The Morgan fingerprint density at radius 2 is 2.00 bits per heavy atom. The summed E-state index contributed by atoms with van der Waals surface area (Å²) >= 11 is 0. The van der Waals surface area contributed by atoms with Gasteiger partial charge in [0.05, 0.1) is 6.33 Å². The first-order chi connectivity index (χ1) is 11.3. The summed E-state index contributed by atoms with van der Waals surface area (Å²) in [5.74, 6) is -2.14. The van der Waals surface area contributed by atoms with Crippen LogP contribution in [-0.4, -0.2) is 75.9 Å². The monoisotopic (exact) mass is 362 g/mol. The van der Waals surface area contributed by atoms with E-state index in [0.717, 1.165) is 13.4 Å². The lowest BCUT2D eigenvalue weighted by molar-refractivity contribution is -0.0761. The van der Waals surface area contributed by atoms with Gasteiger partial charge < -0.3 is 34.6 Å². The standard InChI is InChI=1S/C11H15N4O8P/c1-22-11(24(19,20)21)7-5(16)6(17)10(23-7)15-3-14-4-8(15)12-2-13-9(4)18/h2-3,5-7,10-11,16-17H,1H3,(H,12,13,18)(H2,19,20,21)/t5-,6+,7-,10+,11?/m0/s1. The van der Waals surface area contributed by atoms with Crippen molar-refractivity contribution in [3.63, 3.8) is 0 Å². The van der Waals surface area contributed by atoms with Crippen LogP contribution in [-0.2, 0) is 14.0 Å². The van der Waals surface area contributed by atoms with E-state index in [2.05, 4.69) is 15.0 Å². The zero-order valence-electron chi connectivity index (χ0n) is 12.2. The number of aliphatic hydroxyl groups excluding tert-OH is 2. The normalized spacial score (nSPS) is 29.2. The highest BCUT2D eigenvalue weighted by Crippen LogP contribution is 2.48. The summed E-state index contributed by atoms with van der Waals surface area (Å²) in [7, 11) is -3.70. The first-order valence-electron chi connectivity index (χ1n) is 6.71. The van der Waals surface area contributed by atoms with Crippen LogP contribution in [0, 0.1) is 0 Å². The number of hydrogen-bond donors (Lipinski definition) is 5. The largest absolute Gasteiger partial charge is 0.492 e. The third kappa shape index (κ3) is 2.67. The Morgan fingerprint density at radius 1 is 1.29 bits per heavy atom. The molecule has 1 saturated heterocycles. The summed E-state index contributed by atoms with van der Waals surface area (Å²) in [5, 5.41) is 29.9. The molecular weight excluding hydrogens is 347 g/mol. The highest BCUT2D eigenvalue weighted by Gasteiger charge is 2.52. The van der Waals surface area contributed by atoms with Crippen LogP contribution >= 0.6 is 7.60 Å². The van der Waals surface area contributed by atoms with E-state index >= 15 is 0 Å². The van der Waals surface area contributed by atoms with Crippen molar-refractivity contribution in [3.8, 4) is 5.88 Å². The molecule has 1 aliphatic heterocycles. The SMILES string of the molecule is COC([C@H]1O[C@@H](n2cnc3c(O)ncnc32)[C@H](O)[C@@H]1O)P(=O)(O)O. The van der Waals surface area contributed by atoms with Crippen LogP contribution in [0.25, 0.3) is 11.2 Å². The first kappa shape index (κ1) is 17.2. The molecule has 0 radical (unpaired) electrons. The minimum Gasteiger partial charge on any atom is -0.492 e. The lowest BCUT2D eigenvalue weighted by Gasteiger charge is -2.24. The Kier molecular flexibility index (Phi) is 4.30. The van der Waals surface area contributed by atoms with Crippen LogP contribution in [0.2, 0.25) is 0 Å². The number of hydrogen-bond acceptors (Lipinski definition) is 9. The van der Waals surface area contributed by atoms with Crippen molar-refractivity contribution in [1.29, 1.82) is 0 Å². The Bertz CT molecular complexity index is 793. The van der Waals surface area contributed by atoms with E-state index < -0.39 is 38.0 Å². The Hall–Kier alpha value is -1.66. The molecule has 0 aromatic carbocycles. The van der Waals surface area contributed by atoms with Gasteiger partial charge in [-0.05, 0) is 0 Å². The fourth-order valence-corrected chi connectivity index (χ4v) is 3.54. The van der Waals surface area contributed by atoms with Gasteiger partial charge in [-0.1, -0.05) is 0 Å². The van der Waals surface area contributed by atoms with Gasteiger partial charge in [-0.15, -0.1) is 0 Å². The van der Waals surface area contributed by atoms with Crippen molar-refractivity contribution < 1.29 is 39.1 Å². The van der Waals surface area contributed by atoms with E-state index in [9.17, 15) is 29.7 Å². The van der Waals surface area contributed by atoms with Crippen molar-refractivity contribution >= 4 is 18.8 Å². The third-order valence-corrected chi connectivity index (χ3v) is 4.91. The molecule has 13 heteroatoms. The van der Waals surface area contributed by atoms with Gasteiger partial charge in [0.2, 0.25) is 5.88 Å². The number of rotatable bonds is 4.